The zero-order valence-electron chi connectivity index (χ0n) is 7.10. The molecule has 1 atom stereocenters. The number of halogens is 3. The Hall–Kier alpha value is -0.640. The smallest absolute Gasteiger partial charge is 0.258 e. The fourth-order valence-electron chi connectivity index (χ4n) is 0.887. The summed E-state index contributed by atoms with van der Waals surface area (Å²) < 4.78 is 25.1. The second-order valence-corrected chi connectivity index (χ2v) is 3.60. The van der Waals surface area contributed by atoms with E-state index in [-0.39, 0.29) is 0 Å². The van der Waals surface area contributed by atoms with Gasteiger partial charge in [-0.15, -0.1) is 0 Å². The van der Waals surface area contributed by atoms with Gasteiger partial charge in [-0.1, -0.05) is 12.1 Å². The van der Waals surface area contributed by atoms with E-state index in [1.54, 1.807) is 18.2 Å². The molecule has 72 valence electrons. The molecule has 0 aliphatic carbocycles. The van der Waals surface area contributed by atoms with Crippen LogP contribution in [0.3, 0.4) is 0 Å². The molecule has 0 heterocycles. The quantitative estimate of drug-likeness (QED) is 0.865. The third-order valence-electron chi connectivity index (χ3n) is 1.63. The van der Waals surface area contributed by atoms with Crippen molar-refractivity contribution in [3.8, 4) is 0 Å². The monoisotopic (exact) mass is 249 g/mol. The molecule has 0 aromatic heterocycles. The van der Waals surface area contributed by atoms with Crippen molar-refractivity contribution < 1.29 is 8.78 Å². The standard InChI is InChI=1S/C9H10BrF2N/c1-6(9(11)12)13-8-5-3-2-4-7(8)10/h2-6,9,13H,1H3. The zero-order chi connectivity index (χ0) is 9.84. The van der Waals surface area contributed by atoms with E-state index in [4.69, 9.17) is 0 Å². The van der Waals surface area contributed by atoms with Gasteiger partial charge in [-0.3, -0.25) is 0 Å². The fraction of sp³-hybridized carbons (Fsp3) is 0.333. The topological polar surface area (TPSA) is 12.0 Å². The van der Waals surface area contributed by atoms with Gasteiger partial charge >= 0.3 is 0 Å². The predicted molar refractivity (Wildman–Crippen MR) is 53.2 cm³/mol. The molecule has 0 bridgehead atoms. The molecule has 1 unspecified atom stereocenters. The summed E-state index contributed by atoms with van der Waals surface area (Å²) >= 11 is 3.27. The number of benzene rings is 1. The molecule has 0 saturated heterocycles. The average Bonchev–Trinajstić information content (AvgIpc) is 2.08. The van der Waals surface area contributed by atoms with Gasteiger partial charge in [-0.2, -0.15) is 0 Å². The summed E-state index contributed by atoms with van der Waals surface area (Å²) in [6.45, 7) is 1.45. The van der Waals surface area contributed by atoms with E-state index in [9.17, 15) is 8.78 Å². The Bertz CT molecular complexity index is 278. The molecule has 0 fully saturated rings. The molecule has 4 heteroatoms. The van der Waals surface area contributed by atoms with Crippen molar-refractivity contribution in [3.05, 3.63) is 28.7 Å². The number of rotatable bonds is 3. The van der Waals surface area contributed by atoms with Crippen molar-refractivity contribution in [2.75, 3.05) is 5.32 Å². The molecule has 0 amide bonds. The Balaban J connectivity index is 2.69. The lowest BCUT2D eigenvalue weighted by molar-refractivity contribution is 0.130. The van der Waals surface area contributed by atoms with Crippen molar-refractivity contribution in [1.29, 1.82) is 0 Å². The molecule has 0 saturated carbocycles. The summed E-state index contributed by atoms with van der Waals surface area (Å²) in [7, 11) is 0. The highest BCUT2D eigenvalue weighted by Gasteiger charge is 2.14. The lowest BCUT2D eigenvalue weighted by Gasteiger charge is -2.14. The molecule has 0 aliphatic heterocycles. The predicted octanol–water partition coefficient (Wildman–Crippen LogP) is 3.51. The SMILES string of the molecule is CC(Nc1ccccc1Br)C(F)F. The first-order valence-electron chi connectivity index (χ1n) is 3.90. The first kappa shape index (κ1) is 10.4. The number of alkyl halides is 2. The van der Waals surface area contributed by atoms with E-state index >= 15 is 0 Å². The van der Waals surface area contributed by atoms with Crippen molar-refractivity contribution in [1.82, 2.24) is 0 Å². The number of hydrogen-bond acceptors (Lipinski definition) is 1. The van der Waals surface area contributed by atoms with Gasteiger partial charge in [0.1, 0.15) is 0 Å². The van der Waals surface area contributed by atoms with Crippen molar-refractivity contribution in [2.45, 2.75) is 19.4 Å². The molecular formula is C9H10BrF2N. The molecule has 0 radical (unpaired) electrons. The first-order chi connectivity index (χ1) is 6.11. The first-order valence-corrected chi connectivity index (χ1v) is 4.70. The minimum absolute atomic E-state index is 0.690. The molecule has 1 nitrogen and oxygen atoms in total. The second-order valence-electron chi connectivity index (χ2n) is 2.75. The summed E-state index contributed by atoms with van der Waals surface area (Å²) in [6.07, 6.45) is -2.35. The summed E-state index contributed by atoms with van der Waals surface area (Å²) in [4.78, 5) is 0. The maximum absolute atomic E-state index is 12.2. The van der Waals surface area contributed by atoms with Gasteiger partial charge in [0.25, 0.3) is 6.43 Å². The number of hydrogen-bond donors (Lipinski definition) is 1. The minimum atomic E-state index is -2.35. The van der Waals surface area contributed by atoms with Crippen molar-refractivity contribution in [3.63, 3.8) is 0 Å². The Morgan fingerprint density at radius 1 is 1.31 bits per heavy atom. The van der Waals surface area contributed by atoms with Crippen LogP contribution in [0.15, 0.2) is 28.7 Å². The van der Waals surface area contributed by atoms with Crippen LogP contribution >= 0.6 is 15.9 Å². The molecule has 13 heavy (non-hydrogen) atoms. The van der Waals surface area contributed by atoms with Gasteiger partial charge in [0.05, 0.1) is 6.04 Å². The number of nitrogens with one attached hydrogen (secondary N) is 1. The normalized spacial score (nSPS) is 13.0. The van der Waals surface area contributed by atoms with Crippen LogP contribution < -0.4 is 5.32 Å². The Morgan fingerprint density at radius 3 is 2.46 bits per heavy atom. The summed E-state index contributed by atoms with van der Waals surface area (Å²) in [5.74, 6) is 0. The Kier molecular flexibility index (Phi) is 3.66. The van der Waals surface area contributed by atoms with Crippen LogP contribution in [-0.4, -0.2) is 12.5 Å². The number of anilines is 1. The van der Waals surface area contributed by atoms with Gasteiger partial charge in [-0.05, 0) is 35.0 Å². The van der Waals surface area contributed by atoms with E-state index < -0.39 is 12.5 Å². The summed E-state index contributed by atoms with van der Waals surface area (Å²) in [5.41, 5.74) is 0.690. The van der Waals surface area contributed by atoms with Crippen molar-refractivity contribution >= 4 is 21.6 Å². The lowest BCUT2D eigenvalue weighted by atomic mass is 10.3. The third kappa shape index (κ3) is 2.95. The van der Waals surface area contributed by atoms with E-state index in [1.807, 2.05) is 6.07 Å². The Morgan fingerprint density at radius 2 is 1.92 bits per heavy atom. The van der Waals surface area contributed by atoms with Gasteiger partial charge in [-0.25, -0.2) is 8.78 Å². The van der Waals surface area contributed by atoms with Crippen LogP contribution in [0.2, 0.25) is 0 Å². The average molecular weight is 250 g/mol. The zero-order valence-corrected chi connectivity index (χ0v) is 8.68. The maximum atomic E-state index is 12.2. The number of para-hydroxylation sites is 1. The molecule has 1 aromatic carbocycles. The second kappa shape index (κ2) is 4.56. The Labute approximate surface area is 84.3 Å². The van der Waals surface area contributed by atoms with E-state index in [0.717, 1.165) is 4.47 Å². The van der Waals surface area contributed by atoms with Gasteiger partial charge < -0.3 is 5.32 Å². The molecule has 1 rings (SSSR count). The van der Waals surface area contributed by atoms with E-state index in [2.05, 4.69) is 21.2 Å². The van der Waals surface area contributed by atoms with Crippen LogP contribution in [0.25, 0.3) is 0 Å². The summed E-state index contributed by atoms with van der Waals surface area (Å²) in [6, 6.07) is 6.36. The van der Waals surface area contributed by atoms with Crippen LogP contribution in [0.4, 0.5) is 14.5 Å². The highest BCUT2D eigenvalue weighted by atomic mass is 79.9. The molecule has 1 aromatic rings. The highest BCUT2D eigenvalue weighted by Crippen LogP contribution is 2.22. The lowest BCUT2D eigenvalue weighted by Crippen LogP contribution is -2.23. The molecule has 1 N–H and O–H groups in total. The summed E-state index contributed by atoms with van der Waals surface area (Å²) in [5, 5.41) is 2.71. The van der Waals surface area contributed by atoms with Crippen LogP contribution in [0.1, 0.15) is 6.92 Å². The van der Waals surface area contributed by atoms with Gasteiger partial charge in [0.15, 0.2) is 0 Å². The fourth-order valence-corrected chi connectivity index (χ4v) is 1.29. The molecule has 0 aliphatic rings. The molecule has 0 spiro atoms. The van der Waals surface area contributed by atoms with Crippen molar-refractivity contribution in [2.24, 2.45) is 0 Å². The van der Waals surface area contributed by atoms with Crippen LogP contribution in [0, 0.1) is 0 Å². The third-order valence-corrected chi connectivity index (χ3v) is 2.33. The van der Waals surface area contributed by atoms with Gasteiger partial charge in [0.2, 0.25) is 0 Å². The minimum Gasteiger partial charge on any atom is -0.376 e. The van der Waals surface area contributed by atoms with E-state index in [0.29, 0.717) is 5.69 Å². The van der Waals surface area contributed by atoms with E-state index in [1.165, 1.54) is 6.92 Å². The van der Waals surface area contributed by atoms with Gasteiger partial charge in [0, 0.05) is 10.2 Å². The molecular weight excluding hydrogens is 240 g/mol. The van der Waals surface area contributed by atoms with Crippen LogP contribution in [0.5, 0.6) is 0 Å². The maximum Gasteiger partial charge on any atom is 0.258 e. The largest absolute Gasteiger partial charge is 0.376 e. The highest BCUT2D eigenvalue weighted by molar-refractivity contribution is 9.10. The van der Waals surface area contributed by atoms with Crippen LogP contribution in [-0.2, 0) is 0 Å².